The Hall–Kier alpha value is -0.920. The first-order valence-corrected chi connectivity index (χ1v) is 6.59. The summed E-state index contributed by atoms with van der Waals surface area (Å²) in [5.74, 6) is -0.0237. The first-order valence-electron chi connectivity index (χ1n) is 5.27. The van der Waals surface area contributed by atoms with Gasteiger partial charge in [0.25, 0.3) is 0 Å². The van der Waals surface area contributed by atoms with Crippen molar-refractivity contribution in [2.75, 3.05) is 12.3 Å². The third-order valence-electron chi connectivity index (χ3n) is 2.05. The van der Waals surface area contributed by atoms with Crippen LogP contribution in [0.5, 0.6) is 5.75 Å². The summed E-state index contributed by atoms with van der Waals surface area (Å²) in [6, 6.07) is 3.97. The van der Waals surface area contributed by atoms with Gasteiger partial charge in [-0.05, 0) is 42.3 Å². The van der Waals surface area contributed by atoms with Crippen molar-refractivity contribution >= 4 is 11.2 Å². The summed E-state index contributed by atoms with van der Waals surface area (Å²) in [5, 5.41) is 0. The Morgan fingerprint density at radius 3 is 2.56 bits per heavy atom. The second-order valence-corrected chi connectivity index (χ2v) is 5.29. The molecule has 0 heterocycles. The predicted octanol–water partition coefficient (Wildman–Crippen LogP) is 2.35. The van der Waals surface area contributed by atoms with E-state index in [0.29, 0.717) is 29.2 Å². The minimum absolute atomic E-state index is 0.322. The lowest BCUT2D eigenvalue weighted by Crippen LogP contribution is -2.18. The van der Waals surface area contributed by atoms with Gasteiger partial charge in [-0.25, -0.2) is 0 Å². The summed E-state index contributed by atoms with van der Waals surface area (Å²) in [7, 11) is 0. The van der Waals surface area contributed by atoms with Crippen molar-refractivity contribution in [3.63, 3.8) is 0 Å². The molecule has 1 aromatic carbocycles. The first-order chi connectivity index (χ1) is 8.31. The average Bonchev–Trinajstić information content (AvgIpc) is 2.22. The van der Waals surface area contributed by atoms with E-state index in [4.69, 9.17) is 5.73 Å². The van der Waals surface area contributed by atoms with Crippen LogP contribution < -0.4 is 10.5 Å². The van der Waals surface area contributed by atoms with Gasteiger partial charge in [-0.3, -0.25) is 0 Å². The molecule has 1 unspecified atom stereocenters. The van der Waals surface area contributed by atoms with Gasteiger partial charge in [-0.1, -0.05) is 0 Å². The molecule has 1 atom stereocenters. The Labute approximate surface area is 106 Å². The highest BCUT2D eigenvalue weighted by molar-refractivity contribution is 7.91. The quantitative estimate of drug-likeness (QED) is 0.843. The SMILES string of the molecule is Cc1cc(OC(F)(F)F)cc([S+]([O-])CCCN)c1. The molecule has 0 spiro atoms. The molecule has 0 saturated heterocycles. The number of ether oxygens (including phenoxy) is 1. The third-order valence-corrected chi connectivity index (χ3v) is 3.48. The normalized spacial score (nSPS) is 13.4. The number of hydrogen-bond donors (Lipinski definition) is 1. The van der Waals surface area contributed by atoms with Crippen molar-refractivity contribution < 1.29 is 22.5 Å². The fraction of sp³-hybridized carbons (Fsp3) is 0.455. The van der Waals surface area contributed by atoms with Crippen LogP contribution >= 0.6 is 0 Å². The Balaban J connectivity index is 2.86. The minimum Gasteiger partial charge on any atom is -0.611 e. The van der Waals surface area contributed by atoms with E-state index < -0.39 is 17.5 Å². The topological polar surface area (TPSA) is 58.3 Å². The molecule has 0 bridgehead atoms. The maximum absolute atomic E-state index is 12.1. The highest BCUT2D eigenvalue weighted by Gasteiger charge is 2.31. The van der Waals surface area contributed by atoms with Gasteiger partial charge in [0.15, 0.2) is 4.90 Å². The van der Waals surface area contributed by atoms with E-state index in [9.17, 15) is 17.7 Å². The molecule has 0 saturated carbocycles. The monoisotopic (exact) mass is 281 g/mol. The van der Waals surface area contributed by atoms with Crippen molar-refractivity contribution in [2.24, 2.45) is 5.73 Å². The van der Waals surface area contributed by atoms with Crippen LogP contribution in [0.3, 0.4) is 0 Å². The number of rotatable bonds is 5. The first kappa shape index (κ1) is 15.1. The molecule has 1 rings (SSSR count). The second kappa shape index (κ2) is 6.31. The maximum Gasteiger partial charge on any atom is 0.573 e. The van der Waals surface area contributed by atoms with Crippen LogP contribution in [0.15, 0.2) is 23.1 Å². The molecule has 3 nitrogen and oxygen atoms in total. The molecule has 0 aromatic heterocycles. The zero-order valence-electron chi connectivity index (χ0n) is 9.79. The number of alkyl halides is 3. The van der Waals surface area contributed by atoms with Crippen LogP contribution in [0.2, 0.25) is 0 Å². The summed E-state index contributed by atoms with van der Waals surface area (Å²) in [4.78, 5) is 0.322. The lowest BCUT2D eigenvalue weighted by Gasteiger charge is -2.13. The molecule has 0 amide bonds. The summed E-state index contributed by atoms with van der Waals surface area (Å²) in [5.41, 5.74) is 5.85. The number of nitrogens with two attached hydrogens (primary N) is 1. The zero-order chi connectivity index (χ0) is 13.8. The molecule has 7 heteroatoms. The number of aryl methyl sites for hydroxylation is 1. The number of benzene rings is 1. The minimum atomic E-state index is -4.75. The molecule has 0 aliphatic heterocycles. The Bertz CT molecular complexity index is 398. The van der Waals surface area contributed by atoms with Crippen LogP contribution in [-0.2, 0) is 11.2 Å². The van der Waals surface area contributed by atoms with Crippen molar-refractivity contribution in [2.45, 2.75) is 24.6 Å². The lowest BCUT2D eigenvalue weighted by atomic mass is 10.2. The molecule has 0 radical (unpaired) electrons. The Kier molecular flexibility index (Phi) is 5.30. The van der Waals surface area contributed by atoms with Crippen LogP contribution in [0.1, 0.15) is 12.0 Å². The van der Waals surface area contributed by atoms with E-state index in [1.807, 2.05) is 0 Å². The molecule has 0 aliphatic carbocycles. The summed E-state index contributed by atoms with van der Waals surface area (Å²) >= 11 is -1.36. The lowest BCUT2D eigenvalue weighted by molar-refractivity contribution is -0.274. The van der Waals surface area contributed by atoms with Crippen molar-refractivity contribution in [1.82, 2.24) is 0 Å². The third kappa shape index (κ3) is 5.16. The molecule has 2 N–H and O–H groups in total. The highest BCUT2D eigenvalue weighted by atomic mass is 32.2. The highest BCUT2D eigenvalue weighted by Crippen LogP contribution is 2.27. The standard InChI is InChI=1S/C11H14F3NO2S/c1-8-5-9(17-11(12,13)14)7-10(6-8)18(16)4-2-3-15/h5-7H,2-4,15H2,1H3. The number of hydrogen-bond acceptors (Lipinski definition) is 3. The van der Waals surface area contributed by atoms with Crippen LogP contribution in [0.4, 0.5) is 13.2 Å². The molecular weight excluding hydrogens is 267 g/mol. The molecule has 1 aromatic rings. The van der Waals surface area contributed by atoms with E-state index in [1.54, 1.807) is 13.0 Å². The Morgan fingerprint density at radius 2 is 2.00 bits per heavy atom. The van der Waals surface area contributed by atoms with Gasteiger partial charge in [0.05, 0.1) is 0 Å². The van der Waals surface area contributed by atoms with Crippen LogP contribution in [0.25, 0.3) is 0 Å². The van der Waals surface area contributed by atoms with Crippen LogP contribution in [-0.4, -0.2) is 23.2 Å². The summed E-state index contributed by atoms with van der Waals surface area (Å²) in [6.45, 7) is 2.01. The van der Waals surface area contributed by atoms with Gasteiger partial charge in [0.2, 0.25) is 0 Å². The van der Waals surface area contributed by atoms with Crippen molar-refractivity contribution in [1.29, 1.82) is 0 Å². The maximum atomic E-state index is 12.1. The van der Waals surface area contributed by atoms with Gasteiger partial charge in [0, 0.05) is 12.5 Å². The van der Waals surface area contributed by atoms with Crippen molar-refractivity contribution in [3.05, 3.63) is 23.8 Å². The van der Waals surface area contributed by atoms with Crippen molar-refractivity contribution in [3.8, 4) is 5.75 Å². The van der Waals surface area contributed by atoms with E-state index in [0.717, 1.165) is 6.07 Å². The van der Waals surface area contributed by atoms with Gasteiger partial charge >= 0.3 is 6.36 Å². The molecule has 0 aliphatic rings. The molecule has 0 fully saturated rings. The van der Waals surface area contributed by atoms with Gasteiger partial charge < -0.3 is 15.0 Å². The van der Waals surface area contributed by atoms with E-state index in [2.05, 4.69) is 4.74 Å². The predicted molar refractivity (Wildman–Crippen MR) is 62.8 cm³/mol. The fourth-order valence-corrected chi connectivity index (χ4v) is 2.60. The second-order valence-electron chi connectivity index (χ2n) is 3.72. The fourth-order valence-electron chi connectivity index (χ4n) is 1.37. The van der Waals surface area contributed by atoms with Crippen LogP contribution in [0, 0.1) is 6.92 Å². The number of halogens is 3. The smallest absolute Gasteiger partial charge is 0.573 e. The summed E-state index contributed by atoms with van der Waals surface area (Å²) in [6.07, 6.45) is -4.19. The van der Waals surface area contributed by atoms with Gasteiger partial charge in [-0.15, -0.1) is 13.2 Å². The molecular formula is C11H14F3NO2S. The Morgan fingerprint density at radius 1 is 1.33 bits per heavy atom. The van der Waals surface area contributed by atoms with E-state index in [-0.39, 0.29) is 5.75 Å². The molecule has 18 heavy (non-hydrogen) atoms. The van der Waals surface area contributed by atoms with E-state index in [1.165, 1.54) is 6.07 Å². The molecule has 102 valence electrons. The summed E-state index contributed by atoms with van der Waals surface area (Å²) < 4.78 is 51.9. The zero-order valence-corrected chi connectivity index (χ0v) is 10.6. The van der Waals surface area contributed by atoms with Gasteiger partial charge in [0.1, 0.15) is 11.5 Å². The van der Waals surface area contributed by atoms with E-state index >= 15 is 0 Å². The average molecular weight is 281 g/mol. The van der Waals surface area contributed by atoms with Gasteiger partial charge in [-0.2, -0.15) is 0 Å². The largest absolute Gasteiger partial charge is 0.611 e.